The number of amides is 1. The summed E-state index contributed by atoms with van der Waals surface area (Å²) in [5.41, 5.74) is 0. The highest BCUT2D eigenvalue weighted by molar-refractivity contribution is 7.49. The number of phosphoric acid groups is 1. The number of hydrogen-bond donors (Lipinski definition) is 4. The van der Waals surface area contributed by atoms with E-state index in [1.807, 2.05) is 0 Å². The fraction of sp³-hybridized carbons (Fsp3) is 0.722. The first-order valence-corrected chi connectivity index (χ1v) is 28.0. The van der Waals surface area contributed by atoms with Gasteiger partial charge in [0.1, 0.15) is 35.9 Å². The maximum Gasteiger partial charge on any atom is 0.588 e. The van der Waals surface area contributed by atoms with Crippen LogP contribution < -0.4 is 14.4 Å². The summed E-state index contributed by atoms with van der Waals surface area (Å²) in [5.74, 6) is -1.72. The van der Waals surface area contributed by atoms with Crippen LogP contribution in [0.4, 0.5) is 0 Å². The van der Waals surface area contributed by atoms with Gasteiger partial charge in [-0.15, -0.1) is 0 Å². The molecule has 0 saturated carbocycles. The van der Waals surface area contributed by atoms with Gasteiger partial charge in [0.2, 0.25) is 5.91 Å². The van der Waals surface area contributed by atoms with Crippen LogP contribution in [0.25, 0.3) is 0 Å². The van der Waals surface area contributed by atoms with Crippen molar-refractivity contribution in [2.75, 3.05) is 6.61 Å². The molecule has 0 aromatic heterocycles. The molecule has 1 aliphatic rings. The van der Waals surface area contributed by atoms with E-state index in [9.17, 15) is 34.3 Å². The summed E-state index contributed by atoms with van der Waals surface area (Å²) in [5, 5.41) is 35.6. The fourth-order valence-electron chi connectivity index (χ4n) is 8.56. The number of aliphatic hydroxyl groups excluding tert-OH is 3. The zero-order valence-electron chi connectivity index (χ0n) is 42.2. The van der Waals surface area contributed by atoms with Gasteiger partial charge in [0.25, 0.3) is 0 Å². The van der Waals surface area contributed by atoms with Gasteiger partial charge < -0.3 is 43.9 Å². The highest BCUT2D eigenvalue weighted by Crippen LogP contribution is 2.52. The van der Waals surface area contributed by atoms with Gasteiger partial charge in [0.05, 0.1) is 25.6 Å². The Morgan fingerprint density at radius 3 is 1.58 bits per heavy atom. The molecule has 15 heteroatoms. The molecule has 1 saturated heterocycles. The number of para-hydroxylation sites is 2. The molecule has 0 bridgehead atoms. The Hall–Kier alpha value is -3.52. The van der Waals surface area contributed by atoms with Crippen molar-refractivity contribution in [1.82, 2.24) is 5.32 Å². The van der Waals surface area contributed by atoms with Crippen LogP contribution in [0.1, 0.15) is 201 Å². The number of rotatable bonds is 40. The Morgan fingerprint density at radius 2 is 1.09 bits per heavy atom. The standard InChI is InChI=1S/C54H88NO13P/c1-4-7-10-13-15-17-19-22-26-33-43(57)40-48(58)55-51-53(65-50(60)41-46(38-27-21-12-9-6-3)63-49(59)39-32-23-20-18-16-14-11-8-5-2)52(47(42-56)64-54(51)61)68-69(62,66-44-34-28-24-29-35-44)67-45-36-30-25-31-37-45/h24-25,28-31,34-37,43,46-47,51-54,56-57,61H,4-23,26-27,32-33,38-42H2,1-3H3,(H,55,58)/t43?,46?,47-,51-,52-,53-,54?/m1/s1. The van der Waals surface area contributed by atoms with Crippen molar-refractivity contribution in [3.8, 4) is 11.5 Å². The number of carbonyl (C=O) groups is 3. The Labute approximate surface area is 413 Å². The van der Waals surface area contributed by atoms with Crippen molar-refractivity contribution in [1.29, 1.82) is 0 Å². The highest BCUT2D eigenvalue weighted by Gasteiger charge is 2.53. The van der Waals surface area contributed by atoms with E-state index in [1.54, 1.807) is 36.4 Å². The van der Waals surface area contributed by atoms with E-state index in [1.165, 1.54) is 88.5 Å². The summed E-state index contributed by atoms with van der Waals surface area (Å²) in [4.78, 5) is 41.1. The van der Waals surface area contributed by atoms with Crippen molar-refractivity contribution in [3.63, 3.8) is 0 Å². The van der Waals surface area contributed by atoms with Crippen LogP contribution in [0.15, 0.2) is 60.7 Å². The average Bonchev–Trinajstić information content (AvgIpc) is 3.32. The van der Waals surface area contributed by atoms with Crippen molar-refractivity contribution in [2.45, 2.75) is 243 Å². The van der Waals surface area contributed by atoms with Crippen molar-refractivity contribution in [3.05, 3.63) is 60.7 Å². The summed E-state index contributed by atoms with van der Waals surface area (Å²) in [6, 6.07) is 14.7. The second-order valence-corrected chi connectivity index (χ2v) is 20.2. The Balaban J connectivity index is 1.83. The van der Waals surface area contributed by atoms with Crippen LogP contribution in [0, 0.1) is 0 Å². The minimum Gasteiger partial charge on any atom is -0.462 e. The molecule has 3 rings (SSSR count). The lowest BCUT2D eigenvalue weighted by molar-refractivity contribution is -0.256. The predicted molar refractivity (Wildman–Crippen MR) is 269 cm³/mol. The lowest BCUT2D eigenvalue weighted by Crippen LogP contribution is -2.66. The smallest absolute Gasteiger partial charge is 0.462 e. The summed E-state index contributed by atoms with van der Waals surface area (Å²) in [6.07, 6.45) is 16.3. The zero-order chi connectivity index (χ0) is 50.0. The van der Waals surface area contributed by atoms with Crippen LogP contribution in [0.5, 0.6) is 11.5 Å². The highest BCUT2D eigenvalue weighted by atomic mass is 31.2. The molecule has 1 heterocycles. The van der Waals surface area contributed by atoms with Gasteiger partial charge >= 0.3 is 19.8 Å². The normalized spacial score (nSPS) is 19.1. The molecule has 69 heavy (non-hydrogen) atoms. The lowest BCUT2D eigenvalue weighted by atomic mass is 9.96. The summed E-state index contributed by atoms with van der Waals surface area (Å²) in [7, 11) is -4.78. The monoisotopic (exact) mass is 990 g/mol. The first-order valence-electron chi connectivity index (χ1n) is 26.6. The maximum absolute atomic E-state index is 14.8. The van der Waals surface area contributed by atoms with Crippen molar-refractivity contribution in [2.24, 2.45) is 0 Å². The van der Waals surface area contributed by atoms with Crippen LogP contribution in [0.3, 0.4) is 0 Å². The van der Waals surface area contributed by atoms with Gasteiger partial charge in [0, 0.05) is 6.42 Å². The molecule has 7 atom stereocenters. The van der Waals surface area contributed by atoms with Gasteiger partial charge in [-0.25, -0.2) is 4.57 Å². The molecule has 14 nitrogen and oxygen atoms in total. The number of aliphatic hydroxyl groups is 3. The minimum absolute atomic E-state index is 0.111. The maximum atomic E-state index is 14.8. The Kier molecular flexibility index (Phi) is 31.5. The predicted octanol–water partition coefficient (Wildman–Crippen LogP) is 12.0. The van der Waals surface area contributed by atoms with E-state index in [0.29, 0.717) is 25.7 Å². The summed E-state index contributed by atoms with van der Waals surface area (Å²) < 4.78 is 50.6. The number of hydrogen-bond acceptors (Lipinski definition) is 13. The van der Waals surface area contributed by atoms with Gasteiger partial charge in [-0.3, -0.25) is 18.9 Å². The number of carbonyl (C=O) groups excluding carboxylic acids is 3. The molecule has 1 fully saturated rings. The third-order valence-electron chi connectivity index (χ3n) is 12.5. The van der Waals surface area contributed by atoms with Crippen molar-refractivity contribution >= 4 is 25.7 Å². The number of benzene rings is 2. The zero-order valence-corrected chi connectivity index (χ0v) is 43.1. The van der Waals surface area contributed by atoms with E-state index < -0.39 is 75.1 Å². The number of nitrogens with one attached hydrogen (secondary N) is 1. The average molecular weight is 990 g/mol. The molecule has 2 aromatic carbocycles. The van der Waals surface area contributed by atoms with Crippen LogP contribution in [0.2, 0.25) is 0 Å². The Morgan fingerprint density at radius 1 is 0.623 bits per heavy atom. The van der Waals surface area contributed by atoms with E-state index in [-0.39, 0.29) is 30.8 Å². The molecule has 1 amide bonds. The molecule has 3 unspecified atom stereocenters. The molecular weight excluding hydrogens is 902 g/mol. The first-order chi connectivity index (χ1) is 33.5. The quantitative estimate of drug-likeness (QED) is 0.0280. The molecule has 392 valence electrons. The summed E-state index contributed by atoms with van der Waals surface area (Å²) >= 11 is 0. The minimum atomic E-state index is -4.78. The molecular formula is C54H88NO13P. The third kappa shape index (κ3) is 26.0. The SMILES string of the molecule is CCCCCCCCCCCC(=O)OC(CCCCCCC)CC(=O)O[C@H]1[C@H](OP(=O)(Oc2ccccc2)Oc2ccccc2)[C@@H](CO)OC(O)[C@@H]1NC(=O)CC(O)CCCCCCCCCCC. The second-order valence-electron chi connectivity index (χ2n) is 18.7. The molecule has 0 spiro atoms. The molecule has 0 radical (unpaired) electrons. The number of ether oxygens (including phenoxy) is 3. The first kappa shape index (κ1) is 59.8. The van der Waals surface area contributed by atoms with Gasteiger partial charge in [-0.1, -0.05) is 192 Å². The molecule has 2 aromatic rings. The van der Waals surface area contributed by atoms with E-state index in [0.717, 1.165) is 70.6 Å². The molecule has 4 N–H and O–H groups in total. The lowest BCUT2D eigenvalue weighted by Gasteiger charge is -2.44. The van der Waals surface area contributed by atoms with Crippen LogP contribution in [-0.2, 0) is 37.7 Å². The Bertz CT molecular complexity index is 1640. The number of esters is 2. The van der Waals surface area contributed by atoms with Gasteiger partial charge in [-0.05, 0) is 49.9 Å². The van der Waals surface area contributed by atoms with Gasteiger partial charge in [-0.2, -0.15) is 0 Å². The third-order valence-corrected chi connectivity index (χ3v) is 13.9. The number of phosphoric ester groups is 1. The topological polar surface area (TPSA) is 196 Å². The van der Waals surface area contributed by atoms with Crippen LogP contribution in [-0.4, -0.2) is 82.6 Å². The molecule has 1 aliphatic heterocycles. The second kappa shape index (κ2) is 36.4. The van der Waals surface area contributed by atoms with E-state index in [4.69, 9.17) is 27.8 Å². The summed E-state index contributed by atoms with van der Waals surface area (Å²) in [6.45, 7) is 5.71. The van der Waals surface area contributed by atoms with Crippen molar-refractivity contribution < 1.29 is 62.1 Å². The largest absolute Gasteiger partial charge is 0.588 e. The molecule has 0 aliphatic carbocycles. The van der Waals surface area contributed by atoms with Gasteiger partial charge in [0.15, 0.2) is 12.4 Å². The van der Waals surface area contributed by atoms with E-state index >= 15 is 0 Å². The number of unbranched alkanes of at least 4 members (excludes halogenated alkanes) is 20. The fourth-order valence-corrected chi connectivity index (χ4v) is 10.00. The van der Waals surface area contributed by atoms with E-state index in [2.05, 4.69) is 26.1 Å². The van der Waals surface area contributed by atoms with Crippen LogP contribution >= 0.6 is 7.82 Å².